The molecule has 3 heterocycles. The maximum atomic E-state index is 12.9. The molecule has 1 aromatic heterocycles. The molecule has 26 heavy (non-hydrogen) atoms. The number of fused-ring (bicyclic) bond motifs is 1. The number of hydrogen-bond donors (Lipinski definition) is 1. The van der Waals surface area contributed by atoms with Crippen molar-refractivity contribution in [2.75, 3.05) is 37.7 Å². The maximum absolute atomic E-state index is 12.9. The number of benzene rings is 1. The van der Waals surface area contributed by atoms with E-state index in [0.29, 0.717) is 18.8 Å². The van der Waals surface area contributed by atoms with Crippen LogP contribution in [0.3, 0.4) is 0 Å². The summed E-state index contributed by atoms with van der Waals surface area (Å²) in [5.41, 5.74) is 4.09. The number of aromatic nitrogens is 1. The minimum Gasteiger partial charge on any atom is -0.358 e. The summed E-state index contributed by atoms with van der Waals surface area (Å²) in [6, 6.07) is 5.96. The van der Waals surface area contributed by atoms with E-state index in [9.17, 15) is 13.2 Å². The number of nitrogens with one attached hydrogen (secondary N) is 1. The zero-order chi connectivity index (χ0) is 18.5. The normalized spacial score (nSPS) is 23.6. The summed E-state index contributed by atoms with van der Waals surface area (Å²) >= 11 is 0. The third-order valence-electron chi connectivity index (χ3n) is 5.88. The molecule has 4 rings (SSSR count). The van der Waals surface area contributed by atoms with Gasteiger partial charge in [-0.05, 0) is 44.0 Å². The van der Waals surface area contributed by atoms with E-state index in [1.165, 1.54) is 5.56 Å². The quantitative estimate of drug-likeness (QED) is 0.868. The Morgan fingerprint density at radius 1 is 1.15 bits per heavy atom. The van der Waals surface area contributed by atoms with Gasteiger partial charge in [-0.25, -0.2) is 8.42 Å². The number of hydrogen-bond acceptors (Lipinski definition) is 4. The van der Waals surface area contributed by atoms with Crippen molar-refractivity contribution in [1.82, 2.24) is 14.8 Å². The molecule has 1 N–H and O–H groups in total. The highest BCUT2D eigenvalue weighted by molar-refractivity contribution is 7.91. The standard InChI is InChI=1S/C19H25N3O3S/c1-13-14(2)20-18-4-3-15(11-17(13)18)19(23)22-8-6-21(7-9-22)16-5-10-26(24,25)12-16/h3-4,11,16,20H,5-10,12H2,1-2H3/t16-/m0/s1. The van der Waals surface area contributed by atoms with Gasteiger partial charge in [0, 0.05) is 54.4 Å². The Kier molecular flexibility index (Phi) is 4.31. The predicted molar refractivity (Wildman–Crippen MR) is 102 cm³/mol. The van der Waals surface area contributed by atoms with Crippen LogP contribution in [0, 0.1) is 13.8 Å². The van der Waals surface area contributed by atoms with Crippen molar-refractivity contribution >= 4 is 26.6 Å². The molecule has 7 heteroatoms. The Hall–Kier alpha value is -1.86. The van der Waals surface area contributed by atoms with Crippen LogP contribution in [-0.4, -0.2) is 72.8 Å². The Labute approximate surface area is 154 Å². The molecule has 140 valence electrons. The summed E-state index contributed by atoms with van der Waals surface area (Å²) in [6.45, 7) is 6.90. The van der Waals surface area contributed by atoms with E-state index in [2.05, 4.69) is 16.8 Å². The van der Waals surface area contributed by atoms with Crippen molar-refractivity contribution < 1.29 is 13.2 Å². The van der Waals surface area contributed by atoms with Gasteiger partial charge in [0.1, 0.15) is 0 Å². The first-order chi connectivity index (χ1) is 12.3. The van der Waals surface area contributed by atoms with E-state index in [1.54, 1.807) is 0 Å². The smallest absolute Gasteiger partial charge is 0.253 e. The Morgan fingerprint density at radius 3 is 2.54 bits per heavy atom. The number of H-pyrrole nitrogens is 1. The second-order valence-electron chi connectivity index (χ2n) is 7.52. The molecule has 1 amide bonds. The number of amides is 1. The lowest BCUT2D eigenvalue weighted by molar-refractivity contribution is 0.0588. The zero-order valence-electron chi connectivity index (χ0n) is 15.3. The molecular weight excluding hydrogens is 350 g/mol. The van der Waals surface area contributed by atoms with Gasteiger partial charge < -0.3 is 9.88 Å². The molecule has 0 aliphatic carbocycles. The minimum absolute atomic E-state index is 0.0591. The van der Waals surface area contributed by atoms with Gasteiger partial charge in [0.25, 0.3) is 5.91 Å². The van der Waals surface area contributed by atoms with Crippen LogP contribution in [0.2, 0.25) is 0 Å². The van der Waals surface area contributed by atoms with Crippen molar-refractivity contribution in [3.8, 4) is 0 Å². The van der Waals surface area contributed by atoms with Gasteiger partial charge in [-0.15, -0.1) is 0 Å². The zero-order valence-corrected chi connectivity index (χ0v) is 16.1. The van der Waals surface area contributed by atoms with Crippen LogP contribution in [0.5, 0.6) is 0 Å². The Morgan fingerprint density at radius 2 is 1.88 bits per heavy atom. The number of aryl methyl sites for hydroxylation is 2. The highest BCUT2D eigenvalue weighted by Gasteiger charge is 2.34. The number of carbonyl (C=O) groups excluding carboxylic acids is 1. The topological polar surface area (TPSA) is 73.5 Å². The fraction of sp³-hybridized carbons (Fsp3) is 0.526. The molecule has 2 aliphatic rings. The minimum atomic E-state index is -2.87. The molecule has 1 aromatic carbocycles. The van der Waals surface area contributed by atoms with Crippen LogP contribution in [0.15, 0.2) is 18.2 Å². The fourth-order valence-electron chi connectivity index (χ4n) is 4.13. The highest BCUT2D eigenvalue weighted by atomic mass is 32.2. The lowest BCUT2D eigenvalue weighted by Gasteiger charge is -2.37. The number of piperazine rings is 1. The van der Waals surface area contributed by atoms with E-state index >= 15 is 0 Å². The van der Waals surface area contributed by atoms with Crippen molar-refractivity contribution in [1.29, 1.82) is 0 Å². The van der Waals surface area contributed by atoms with Crippen molar-refractivity contribution in [2.24, 2.45) is 0 Å². The van der Waals surface area contributed by atoms with Gasteiger partial charge in [0.15, 0.2) is 9.84 Å². The van der Waals surface area contributed by atoms with Crippen molar-refractivity contribution in [3.63, 3.8) is 0 Å². The summed E-state index contributed by atoms with van der Waals surface area (Å²) < 4.78 is 23.4. The van der Waals surface area contributed by atoms with Gasteiger partial charge in [-0.2, -0.15) is 0 Å². The molecular formula is C19H25N3O3S. The number of sulfone groups is 1. The third-order valence-corrected chi connectivity index (χ3v) is 7.63. The largest absolute Gasteiger partial charge is 0.358 e. The van der Waals surface area contributed by atoms with Gasteiger partial charge >= 0.3 is 0 Å². The molecule has 2 saturated heterocycles. The maximum Gasteiger partial charge on any atom is 0.253 e. The molecule has 0 saturated carbocycles. The summed E-state index contributed by atoms with van der Waals surface area (Å²) in [4.78, 5) is 20.3. The van der Waals surface area contributed by atoms with Crippen LogP contribution in [0.25, 0.3) is 10.9 Å². The molecule has 6 nitrogen and oxygen atoms in total. The monoisotopic (exact) mass is 375 g/mol. The third kappa shape index (κ3) is 3.14. The summed E-state index contributed by atoms with van der Waals surface area (Å²) in [7, 11) is -2.87. The molecule has 1 atom stereocenters. The van der Waals surface area contributed by atoms with Gasteiger partial charge in [0.05, 0.1) is 11.5 Å². The predicted octanol–water partition coefficient (Wildman–Crippen LogP) is 1.73. The Bertz CT molecular complexity index is 956. The van der Waals surface area contributed by atoms with Gasteiger partial charge in [-0.1, -0.05) is 0 Å². The van der Waals surface area contributed by atoms with Crippen molar-refractivity contribution in [2.45, 2.75) is 26.3 Å². The van der Waals surface area contributed by atoms with E-state index in [1.807, 2.05) is 30.0 Å². The first-order valence-corrected chi connectivity index (χ1v) is 11.0. The number of aromatic amines is 1. The van der Waals surface area contributed by atoms with Crippen LogP contribution < -0.4 is 0 Å². The number of nitrogens with zero attached hydrogens (tertiary/aromatic N) is 2. The average molecular weight is 375 g/mol. The second kappa shape index (κ2) is 6.39. The fourth-order valence-corrected chi connectivity index (χ4v) is 5.89. The average Bonchev–Trinajstić information content (AvgIpc) is 3.13. The molecule has 0 unspecified atom stereocenters. The van der Waals surface area contributed by atoms with Crippen LogP contribution in [0.1, 0.15) is 28.0 Å². The van der Waals surface area contributed by atoms with Crippen molar-refractivity contribution in [3.05, 3.63) is 35.0 Å². The van der Waals surface area contributed by atoms with Gasteiger partial charge in [0.2, 0.25) is 0 Å². The molecule has 0 bridgehead atoms. The van der Waals surface area contributed by atoms with E-state index in [0.717, 1.165) is 41.7 Å². The highest BCUT2D eigenvalue weighted by Crippen LogP contribution is 2.24. The molecule has 0 spiro atoms. The molecule has 0 radical (unpaired) electrons. The van der Waals surface area contributed by atoms with Gasteiger partial charge in [-0.3, -0.25) is 9.69 Å². The SMILES string of the molecule is Cc1[nH]c2ccc(C(=O)N3CCN([C@H]4CCS(=O)(=O)C4)CC3)cc2c1C. The van der Waals surface area contributed by atoms with Crippen LogP contribution >= 0.6 is 0 Å². The van der Waals surface area contributed by atoms with E-state index in [4.69, 9.17) is 0 Å². The van der Waals surface area contributed by atoms with Crippen LogP contribution in [-0.2, 0) is 9.84 Å². The lowest BCUT2D eigenvalue weighted by atomic mass is 10.1. The van der Waals surface area contributed by atoms with E-state index in [-0.39, 0.29) is 17.7 Å². The first-order valence-electron chi connectivity index (χ1n) is 9.17. The summed E-state index contributed by atoms with van der Waals surface area (Å²) in [5, 5.41) is 1.10. The number of carbonyl (C=O) groups is 1. The van der Waals surface area contributed by atoms with E-state index < -0.39 is 9.84 Å². The molecule has 2 fully saturated rings. The Balaban J connectivity index is 1.44. The van der Waals surface area contributed by atoms with Crippen LogP contribution in [0.4, 0.5) is 0 Å². The molecule has 2 aliphatic heterocycles. The first kappa shape index (κ1) is 17.5. The number of rotatable bonds is 2. The summed E-state index contributed by atoms with van der Waals surface area (Å²) in [5.74, 6) is 0.625. The second-order valence-corrected chi connectivity index (χ2v) is 9.75. The molecule has 2 aromatic rings. The summed E-state index contributed by atoms with van der Waals surface area (Å²) in [6.07, 6.45) is 0.721. The lowest BCUT2D eigenvalue weighted by Crippen LogP contribution is -2.52.